The molecule has 0 saturated carbocycles. The van der Waals surface area contributed by atoms with Crippen LogP contribution in [-0.2, 0) is 0 Å². The first-order valence-electron chi connectivity index (χ1n) is 7.07. The molecule has 0 aliphatic heterocycles. The SMILES string of the molecule is CCCCC(Nc1ccc(F)cc1Br)c1ccc(F)cc1. The Morgan fingerprint density at radius 3 is 2.33 bits per heavy atom. The van der Waals surface area contributed by atoms with E-state index in [1.54, 1.807) is 18.2 Å². The molecule has 0 amide bonds. The first-order chi connectivity index (χ1) is 10.1. The minimum absolute atomic E-state index is 0.0762. The molecular weight excluding hydrogens is 336 g/mol. The van der Waals surface area contributed by atoms with E-state index >= 15 is 0 Å². The highest BCUT2D eigenvalue weighted by atomic mass is 79.9. The average molecular weight is 354 g/mol. The molecule has 21 heavy (non-hydrogen) atoms. The van der Waals surface area contributed by atoms with Gasteiger partial charge in [0.1, 0.15) is 11.6 Å². The Hall–Kier alpha value is -1.42. The molecule has 0 saturated heterocycles. The molecule has 0 aliphatic rings. The fourth-order valence-electron chi connectivity index (χ4n) is 2.22. The summed E-state index contributed by atoms with van der Waals surface area (Å²) in [4.78, 5) is 0. The predicted molar refractivity (Wildman–Crippen MR) is 86.4 cm³/mol. The second kappa shape index (κ2) is 7.55. The fraction of sp³-hybridized carbons (Fsp3) is 0.294. The molecule has 2 aromatic rings. The molecular formula is C17H18BrF2N. The van der Waals surface area contributed by atoms with Gasteiger partial charge in [-0.1, -0.05) is 31.9 Å². The Labute approximate surface area is 132 Å². The monoisotopic (exact) mass is 353 g/mol. The van der Waals surface area contributed by atoms with Crippen LogP contribution in [0.1, 0.15) is 37.8 Å². The number of hydrogen-bond donors (Lipinski definition) is 1. The Kier molecular flexibility index (Phi) is 5.74. The van der Waals surface area contributed by atoms with Crippen LogP contribution in [0.3, 0.4) is 0 Å². The number of anilines is 1. The molecule has 0 fully saturated rings. The highest BCUT2D eigenvalue weighted by molar-refractivity contribution is 9.10. The lowest BCUT2D eigenvalue weighted by atomic mass is 10.0. The van der Waals surface area contributed by atoms with E-state index in [4.69, 9.17) is 0 Å². The van der Waals surface area contributed by atoms with Crippen LogP contribution in [0.25, 0.3) is 0 Å². The molecule has 2 rings (SSSR count). The van der Waals surface area contributed by atoms with Gasteiger partial charge < -0.3 is 5.32 Å². The van der Waals surface area contributed by atoms with Crippen molar-refractivity contribution in [3.63, 3.8) is 0 Å². The minimum atomic E-state index is -0.278. The van der Waals surface area contributed by atoms with Gasteiger partial charge in [0.25, 0.3) is 0 Å². The molecule has 0 heterocycles. The van der Waals surface area contributed by atoms with E-state index in [0.717, 1.165) is 30.5 Å². The normalized spacial score (nSPS) is 12.2. The zero-order chi connectivity index (χ0) is 15.2. The van der Waals surface area contributed by atoms with Crippen LogP contribution < -0.4 is 5.32 Å². The van der Waals surface area contributed by atoms with Crippen molar-refractivity contribution in [2.24, 2.45) is 0 Å². The fourth-order valence-corrected chi connectivity index (χ4v) is 2.69. The van der Waals surface area contributed by atoms with Crippen molar-refractivity contribution in [1.29, 1.82) is 0 Å². The van der Waals surface area contributed by atoms with E-state index in [2.05, 4.69) is 28.2 Å². The summed E-state index contributed by atoms with van der Waals surface area (Å²) in [6.45, 7) is 2.13. The lowest BCUT2D eigenvalue weighted by molar-refractivity contribution is 0.615. The second-order valence-corrected chi connectivity index (χ2v) is 5.87. The molecule has 1 atom stereocenters. The third-order valence-electron chi connectivity index (χ3n) is 3.38. The molecule has 2 aromatic carbocycles. The highest BCUT2D eigenvalue weighted by Crippen LogP contribution is 2.30. The van der Waals surface area contributed by atoms with Gasteiger partial charge in [-0.2, -0.15) is 0 Å². The Morgan fingerprint density at radius 1 is 1.05 bits per heavy atom. The molecule has 1 nitrogen and oxygen atoms in total. The molecule has 0 radical (unpaired) electrons. The Bertz CT molecular complexity index is 584. The predicted octanol–water partition coefficient (Wildman–Crippen LogP) is 6.07. The van der Waals surface area contributed by atoms with Gasteiger partial charge in [-0.3, -0.25) is 0 Å². The summed E-state index contributed by atoms with van der Waals surface area (Å²) in [6.07, 6.45) is 3.09. The van der Waals surface area contributed by atoms with E-state index in [-0.39, 0.29) is 17.7 Å². The van der Waals surface area contributed by atoms with Crippen LogP contribution in [0.2, 0.25) is 0 Å². The first kappa shape index (κ1) is 16.0. The van der Waals surface area contributed by atoms with Crippen LogP contribution in [-0.4, -0.2) is 0 Å². The van der Waals surface area contributed by atoms with E-state index < -0.39 is 0 Å². The van der Waals surface area contributed by atoms with Gasteiger partial charge in [-0.05, 0) is 58.2 Å². The number of rotatable bonds is 6. The van der Waals surface area contributed by atoms with Crippen LogP contribution in [0.5, 0.6) is 0 Å². The van der Waals surface area contributed by atoms with Gasteiger partial charge in [-0.25, -0.2) is 8.78 Å². The van der Waals surface area contributed by atoms with Crippen molar-refractivity contribution in [2.45, 2.75) is 32.2 Å². The largest absolute Gasteiger partial charge is 0.377 e. The maximum atomic E-state index is 13.2. The number of halogens is 3. The van der Waals surface area contributed by atoms with Crippen molar-refractivity contribution in [3.05, 3.63) is 64.1 Å². The third kappa shape index (κ3) is 4.53. The molecule has 1 N–H and O–H groups in total. The van der Waals surface area contributed by atoms with Crippen LogP contribution in [0.4, 0.5) is 14.5 Å². The van der Waals surface area contributed by atoms with Gasteiger partial charge in [0.05, 0.1) is 6.04 Å². The number of hydrogen-bond acceptors (Lipinski definition) is 1. The quantitative estimate of drug-likeness (QED) is 0.664. The van der Waals surface area contributed by atoms with Crippen LogP contribution >= 0.6 is 15.9 Å². The molecule has 1 unspecified atom stereocenters. The topological polar surface area (TPSA) is 12.0 Å². The Morgan fingerprint density at radius 2 is 1.71 bits per heavy atom. The summed E-state index contributed by atoms with van der Waals surface area (Å²) < 4.78 is 26.9. The zero-order valence-electron chi connectivity index (χ0n) is 11.9. The van der Waals surface area contributed by atoms with Gasteiger partial charge in [-0.15, -0.1) is 0 Å². The second-order valence-electron chi connectivity index (χ2n) is 5.01. The van der Waals surface area contributed by atoms with Gasteiger partial charge in [0.15, 0.2) is 0 Å². The van der Waals surface area contributed by atoms with Gasteiger partial charge in [0.2, 0.25) is 0 Å². The van der Waals surface area contributed by atoms with Crippen molar-refractivity contribution in [3.8, 4) is 0 Å². The summed E-state index contributed by atoms with van der Waals surface area (Å²) in [6, 6.07) is 11.2. The lowest BCUT2D eigenvalue weighted by Crippen LogP contribution is -2.11. The third-order valence-corrected chi connectivity index (χ3v) is 4.04. The standard InChI is InChI=1S/C17H18BrF2N/c1-2-3-4-16(12-5-7-13(19)8-6-12)21-17-10-9-14(20)11-15(17)18/h5-11,16,21H,2-4H2,1H3. The van der Waals surface area contributed by atoms with E-state index in [1.807, 2.05) is 0 Å². The summed E-state index contributed by atoms with van der Waals surface area (Å²) in [5.41, 5.74) is 1.86. The number of nitrogens with one attached hydrogen (secondary N) is 1. The van der Waals surface area contributed by atoms with E-state index in [1.165, 1.54) is 24.3 Å². The number of unbranched alkanes of at least 4 members (excludes halogenated alkanes) is 1. The van der Waals surface area contributed by atoms with Crippen LogP contribution in [0.15, 0.2) is 46.9 Å². The molecule has 112 valence electrons. The molecule has 4 heteroatoms. The first-order valence-corrected chi connectivity index (χ1v) is 7.86. The number of benzene rings is 2. The summed E-state index contributed by atoms with van der Waals surface area (Å²) in [5.74, 6) is -0.518. The molecule has 0 aromatic heterocycles. The minimum Gasteiger partial charge on any atom is -0.377 e. The van der Waals surface area contributed by atoms with Gasteiger partial charge >= 0.3 is 0 Å². The van der Waals surface area contributed by atoms with Crippen molar-refractivity contribution >= 4 is 21.6 Å². The molecule has 0 aliphatic carbocycles. The summed E-state index contributed by atoms with van der Waals surface area (Å²) in [5, 5.41) is 3.41. The van der Waals surface area contributed by atoms with E-state index in [9.17, 15) is 8.78 Å². The molecule has 0 spiro atoms. The Balaban J connectivity index is 2.21. The molecule has 0 bridgehead atoms. The van der Waals surface area contributed by atoms with Crippen LogP contribution in [0, 0.1) is 11.6 Å². The lowest BCUT2D eigenvalue weighted by Gasteiger charge is -2.21. The smallest absolute Gasteiger partial charge is 0.124 e. The van der Waals surface area contributed by atoms with E-state index in [0.29, 0.717) is 4.47 Å². The van der Waals surface area contributed by atoms with Crippen molar-refractivity contribution < 1.29 is 8.78 Å². The van der Waals surface area contributed by atoms with Crippen molar-refractivity contribution in [2.75, 3.05) is 5.32 Å². The maximum absolute atomic E-state index is 13.2. The highest BCUT2D eigenvalue weighted by Gasteiger charge is 2.13. The average Bonchev–Trinajstić information content (AvgIpc) is 2.46. The zero-order valence-corrected chi connectivity index (χ0v) is 13.5. The summed E-state index contributed by atoms with van der Waals surface area (Å²) >= 11 is 3.37. The van der Waals surface area contributed by atoms with Crippen molar-refractivity contribution in [1.82, 2.24) is 0 Å². The maximum Gasteiger partial charge on any atom is 0.124 e. The summed E-state index contributed by atoms with van der Waals surface area (Å²) in [7, 11) is 0. The van der Waals surface area contributed by atoms with Gasteiger partial charge in [0, 0.05) is 10.2 Å².